The molecule has 5 nitrogen and oxygen atoms in total. The number of hydrogen-bond donors (Lipinski definition) is 2. The van der Waals surface area contributed by atoms with E-state index in [1.54, 1.807) is 20.1 Å². The van der Waals surface area contributed by atoms with Crippen molar-refractivity contribution in [3.8, 4) is 5.75 Å². The summed E-state index contributed by atoms with van der Waals surface area (Å²) in [5.74, 6) is -0.927. The number of rotatable bonds is 8. The van der Waals surface area contributed by atoms with E-state index in [1.807, 2.05) is 0 Å². The first kappa shape index (κ1) is 16.4. The molecule has 0 aromatic heterocycles. The first-order valence-electron chi connectivity index (χ1n) is 6.41. The molecule has 0 saturated heterocycles. The zero-order valence-electron chi connectivity index (χ0n) is 11.7. The Kier molecular flexibility index (Phi) is 6.97. The van der Waals surface area contributed by atoms with Gasteiger partial charge >= 0.3 is 0 Å². The summed E-state index contributed by atoms with van der Waals surface area (Å²) in [4.78, 5) is 11.7. The van der Waals surface area contributed by atoms with Crippen LogP contribution in [0.3, 0.4) is 0 Å². The van der Waals surface area contributed by atoms with Crippen LogP contribution in [0, 0.1) is 5.82 Å². The first-order valence-corrected chi connectivity index (χ1v) is 6.41. The number of nitrogens with one attached hydrogen (secondary N) is 1. The van der Waals surface area contributed by atoms with Crippen LogP contribution in [0.2, 0.25) is 0 Å². The Bertz CT molecular complexity index is 439. The summed E-state index contributed by atoms with van der Waals surface area (Å²) >= 11 is 0. The third-order valence-corrected chi connectivity index (χ3v) is 2.68. The number of hydrogen-bond acceptors (Lipinski definition) is 4. The topological polar surface area (TPSA) is 67.8 Å². The van der Waals surface area contributed by atoms with Gasteiger partial charge in [-0.05, 0) is 31.0 Å². The predicted octanol–water partition coefficient (Wildman–Crippen LogP) is 1.24. The van der Waals surface area contributed by atoms with Crippen LogP contribution in [-0.2, 0) is 16.1 Å². The Morgan fingerprint density at radius 1 is 1.50 bits per heavy atom. The molecule has 1 aromatic carbocycles. The van der Waals surface area contributed by atoms with Crippen molar-refractivity contribution in [2.45, 2.75) is 26.1 Å². The maximum atomic E-state index is 13.6. The Morgan fingerprint density at radius 2 is 2.25 bits per heavy atom. The second kappa shape index (κ2) is 8.50. The molecule has 1 aromatic rings. The van der Waals surface area contributed by atoms with Crippen molar-refractivity contribution in [2.75, 3.05) is 20.3 Å². The van der Waals surface area contributed by atoms with Crippen LogP contribution in [0.4, 0.5) is 4.39 Å². The fourth-order valence-electron chi connectivity index (χ4n) is 1.55. The lowest BCUT2D eigenvalue weighted by Gasteiger charge is -2.15. The van der Waals surface area contributed by atoms with E-state index in [4.69, 9.17) is 14.6 Å². The number of halogens is 1. The predicted molar refractivity (Wildman–Crippen MR) is 71.9 cm³/mol. The van der Waals surface area contributed by atoms with Crippen molar-refractivity contribution in [1.82, 2.24) is 5.32 Å². The molecule has 1 amide bonds. The van der Waals surface area contributed by atoms with Gasteiger partial charge in [0.15, 0.2) is 17.7 Å². The number of amides is 1. The summed E-state index contributed by atoms with van der Waals surface area (Å²) in [5.41, 5.74) is 0.450. The summed E-state index contributed by atoms with van der Waals surface area (Å²) < 4.78 is 23.8. The molecule has 1 atom stereocenters. The molecule has 6 heteroatoms. The molecular formula is C14H20FNO4. The molecule has 0 aliphatic rings. The summed E-state index contributed by atoms with van der Waals surface area (Å²) in [6.45, 7) is 2.34. The van der Waals surface area contributed by atoms with Gasteiger partial charge in [-0.2, -0.15) is 0 Å². The lowest BCUT2D eigenvalue weighted by molar-refractivity contribution is -0.127. The molecule has 0 radical (unpaired) electrons. The zero-order valence-corrected chi connectivity index (χ0v) is 11.7. The van der Waals surface area contributed by atoms with Gasteiger partial charge in [0.25, 0.3) is 5.91 Å². The van der Waals surface area contributed by atoms with Gasteiger partial charge in [-0.3, -0.25) is 4.79 Å². The fourth-order valence-corrected chi connectivity index (χ4v) is 1.55. The lowest BCUT2D eigenvalue weighted by atomic mass is 10.2. The molecule has 1 rings (SSSR count). The average Bonchev–Trinajstić information content (AvgIpc) is 2.45. The third kappa shape index (κ3) is 5.14. The molecule has 1 unspecified atom stereocenters. The van der Waals surface area contributed by atoms with Crippen LogP contribution in [0.15, 0.2) is 18.2 Å². The molecule has 0 heterocycles. The van der Waals surface area contributed by atoms with Crippen molar-refractivity contribution in [3.63, 3.8) is 0 Å². The molecule has 0 aliphatic carbocycles. The minimum atomic E-state index is -0.799. The molecule has 0 saturated carbocycles. The molecule has 0 aliphatic heterocycles. The number of aliphatic hydroxyl groups is 1. The highest BCUT2D eigenvalue weighted by Gasteiger charge is 2.16. The Hall–Kier alpha value is -1.66. The normalized spacial score (nSPS) is 12.0. The van der Waals surface area contributed by atoms with Gasteiger partial charge in [0.05, 0.1) is 6.61 Å². The van der Waals surface area contributed by atoms with Crippen LogP contribution in [0.25, 0.3) is 0 Å². The number of ether oxygens (including phenoxy) is 2. The summed E-state index contributed by atoms with van der Waals surface area (Å²) in [6.07, 6.45) is -0.0962. The number of methoxy groups -OCH3 is 1. The molecular weight excluding hydrogens is 265 g/mol. The van der Waals surface area contributed by atoms with Gasteiger partial charge in [-0.15, -0.1) is 0 Å². The Balaban J connectivity index is 2.48. The van der Waals surface area contributed by atoms with Gasteiger partial charge in [0.2, 0.25) is 0 Å². The van der Waals surface area contributed by atoms with Crippen molar-refractivity contribution < 1.29 is 23.8 Å². The van der Waals surface area contributed by atoms with E-state index in [1.165, 1.54) is 12.1 Å². The van der Waals surface area contributed by atoms with E-state index in [9.17, 15) is 9.18 Å². The monoisotopic (exact) mass is 285 g/mol. The fraction of sp³-hybridized carbons (Fsp3) is 0.500. The number of aliphatic hydroxyl groups excluding tert-OH is 1. The van der Waals surface area contributed by atoms with Crippen LogP contribution in [-0.4, -0.2) is 37.4 Å². The minimum Gasteiger partial charge on any atom is -0.478 e. The molecule has 0 bridgehead atoms. The zero-order chi connectivity index (χ0) is 15.0. The van der Waals surface area contributed by atoms with E-state index in [2.05, 4.69) is 5.32 Å². The summed E-state index contributed by atoms with van der Waals surface area (Å²) in [5, 5.41) is 11.6. The smallest absolute Gasteiger partial charge is 0.260 e. The standard InChI is InChI=1S/C14H20FNO4/c1-10(14(18)16-6-3-7-19-2)20-13-5-4-11(9-17)8-12(13)15/h4-5,8,10,17H,3,6-7,9H2,1-2H3,(H,16,18). The molecule has 0 fully saturated rings. The minimum absolute atomic E-state index is 0.0123. The highest BCUT2D eigenvalue weighted by Crippen LogP contribution is 2.19. The molecule has 20 heavy (non-hydrogen) atoms. The van der Waals surface area contributed by atoms with E-state index < -0.39 is 11.9 Å². The largest absolute Gasteiger partial charge is 0.478 e. The van der Waals surface area contributed by atoms with Crippen molar-refractivity contribution in [3.05, 3.63) is 29.6 Å². The van der Waals surface area contributed by atoms with Crippen LogP contribution in [0.1, 0.15) is 18.9 Å². The van der Waals surface area contributed by atoms with Gasteiger partial charge in [-0.25, -0.2) is 4.39 Å². The number of benzene rings is 1. The van der Waals surface area contributed by atoms with E-state index in [0.29, 0.717) is 25.1 Å². The Morgan fingerprint density at radius 3 is 2.85 bits per heavy atom. The van der Waals surface area contributed by atoms with Crippen molar-refractivity contribution >= 4 is 5.91 Å². The lowest BCUT2D eigenvalue weighted by Crippen LogP contribution is -2.37. The van der Waals surface area contributed by atoms with E-state index in [0.717, 1.165) is 0 Å². The molecule has 0 spiro atoms. The van der Waals surface area contributed by atoms with Crippen molar-refractivity contribution in [2.24, 2.45) is 0 Å². The number of carbonyl (C=O) groups is 1. The second-order valence-electron chi connectivity index (χ2n) is 4.32. The highest BCUT2D eigenvalue weighted by molar-refractivity contribution is 5.80. The van der Waals surface area contributed by atoms with Gasteiger partial charge in [0.1, 0.15) is 0 Å². The van der Waals surface area contributed by atoms with Gasteiger partial charge in [0, 0.05) is 20.3 Å². The quantitative estimate of drug-likeness (QED) is 0.705. The molecule has 112 valence electrons. The number of carbonyl (C=O) groups excluding carboxylic acids is 1. The average molecular weight is 285 g/mol. The summed E-state index contributed by atoms with van der Waals surface area (Å²) in [6, 6.07) is 4.12. The maximum absolute atomic E-state index is 13.6. The highest BCUT2D eigenvalue weighted by atomic mass is 19.1. The third-order valence-electron chi connectivity index (χ3n) is 2.68. The van der Waals surface area contributed by atoms with Crippen LogP contribution < -0.4 is 10.1 Å². The van der Waals surface area contributed by atoms with Crippen LogP contribution in [0.5, 0.6) is 5.75 Å². The van der Waals surface area contributed by atoms with Crippen molar-refractivity contribution in [1.29, 1.82) is 0 Å². The Labute approximate surface area is 117 Å². The van der Waals surface area contributed by atoms with Crippen LogP contribution >= 0.6 is 0 Å². The summed E-state index contributed by atoms with van der Waals surface area (Å²) in [7, 11) is 1.59. The van der Waals surface area contributed by atoms with Gasteiger partial charge in [-0.1, -0.05) is 6.07 Å². The van der Waals surface area contributed by atoms with E-state index >= 15 is 0 Å². The van der Waals surface area contributed by atoms with E-state index in [-0.39, 0.29) is 18.3 Å². The van der Waals surface area contributed by atoms with Gasteiger partial charge < -0.3 is 19.9 Å². The molecule has 2 N–H and O–H groups in total. The maximum Gasteiger partial charge on any atom is 0.260 e. The first-order chi connectivity index (χ1) is 9.58. The second-order valence-corrected chi connectivity index (χ2v) is 4.32. The SMILES string of the molecule is COCCCNC(=O)C(C)Oc1ccc(CO)cc1F.